The molecule has 0 radical (unpaired) electrons. The first-order valence-corrected chi connectivity index (χ1v) is 13.7. The minimum atomic E-state index is -0.774. The van der Waals surface area contributed by atoms with Crippen molar-refractivity contribution in [2.45, 2.75) is 36.3 Å². The van der Waals surface area contributed by atoms with Crippen molar-refractivity contribution in [2.24, 2.45) is 11.8 Å². The minimum absolute atomic E-state index is 0.0737. The molecule has 1 aliphatic heterocycles. The summed E-state index contributed by atoms with van der Waals surface area (Å²) in [5.41, 5.74) is 1.38. The molecule has 1 aliphatic rings. The van der Waals surface area contributed by atoms with Gasteiger partial charge < -0.3 is 14.7 Å². The molecule has 3 heterocycles. The quantitative estimate of drug-likeness (QED) is 0.308. The lowest BCUT2D eigenvalue weighted by Gasteiger charge is -2.38. The van der Waals surface area contributed by atoms with E-state index in [4.69, 9.17) is 4.74 Å². The van der Waals surface area contributed by atoms with Crippen molar-refractivity contribution in [3.63, 3.8) is 0 Å². The van der Waals surface area contributed by atoms with E-state index in [9.17, 15) is 18.7 Å². The maximum absolute atomic E-state index is 14.7. The molecule has 1 aromatic carbocycles. The molecule has 5 nitrogen and oxygen atoms in total. The van der Waals surface area contributed by atoms with Crippen LogP contribution in [0.3, 0.4) is 0 Å². The summed E-state index contributed by atoms with van der Waals surface area (Å²) in [6, 6.07) is 8.77. The Hall–Kier alpha value is -2.23. The number of thioether (sulfide) groups is 1. The predicted molar refractivity (Wildman–Crippen MR) is 136 cm³/mol. The van der Waals surface area contributed by atoms with E-state index in [1.54, 1.807) is 24.9 Å². The Morgan fingerprint density at radius 2 is 2.14 bits per heavy atom. The molecular formula is C26H30F2N2O3S2. The second-order valence-electron chi connectivity index (χ2n) is 8.97. The molecule has 0 saturated carbocycles. The van der Waals surface area contributed by atoms with Crippen molar-refractivity contribution in [1.29, 1.82) is 0 Å². The van der Waals surface area contributed by atoms with E-state index in [0.29, 0.717) is 23.7 Å². The van der Waals surface area contributed by atoms with E-state index in [1.807, 2.05) is 18.2 Å². The number of rotatable bonds is 11. The number of nitrogens with zero attached hydrogens (tertiary/aromatic N) is 2. The second kappa shape index (κ2) is 12.1. The SMILES string of the molecule is COc1ccc2ncc(F)c(CCCC3CCN(CCSc4ccc(F)s4)CC3CC(=O)O)c2c1. The molecule has 0 aliphatic carbocycles. The van der Waals surface area contributed by atoms with Crippen molar-refractivity contribution in [3.8, 4) is 5.75 Å². The fourth-order valence-electron chi connectivity index (χ4n) is 4.97. The molecule has 4 rings (SSSR count). The van der Waals surface area contributed by atoms with Gasteiger partial charge in [-0.25, -0.2) is 4.39 Å². The van der Waals surface area contributed by atoms with Gasteiger partial charge in [0, 0.05) is 30.6 Å². The summed E-state index contributed by atoms with van der Waals surface area (Å²) >= 11 is 2.80. The van der Waals surface area contributed by atoms with Gasteiger partial charge in [0.25, 0.3) is 0 Å². The van der Waals surface area contributed by atoms with Crippen LogP contribution in [0.25, 0.3) is 10.9 Å². The smallest absolute Gasteiger partial charge is 0.303 e. The van der Waals surface area contributed by atoms with Crippen molar-refractivity contribution in [2.75, 3.05) is 32.5 Å². The number of carboxylic acids is 1. The molecule has 0 amide bonds. The molecule has 1 fully saturated rings. The first-order chi connectivity index (χ1) is 16.9. The van der Waals surface area contributed by atoms with E-state index in [-0.39, 0.29) is 23.3 Å². The monoisotopic (exact) mass is 520 g/mol. The standard InChI is InChI=1S/C26H30F2N2O3S2/c1-33-19-5-6-23-21(14-19)20(22(27)15-29-23)4-2-3-17-9-10-30(16-18(17)13-25(31)32)11-12-34-26-8-7-24(28)35-26/h5-8,14-15,17-18H,2-4,9-13,16H2,1H3,(H,31,32). The molecule has 2 aromatic heterocycles. The third-order valence-corrected chi connectivity index (χ3v) is 8.83. The average molecular weight is 521 g/mol. The van der Waals surface area contributed by atoms with Gasteiger partial charge in [-0.1, -0.05) is 11.3 Å². The van der Waals surface area contributed by atoms with Gasteiger partial charge in [0.05, 0.1) is 23.0 Å². The van der Waals surface area contributed by atoms with E-state index < -0.39 is 5.97 Å². The normalized spacial score (nSPS) is 18.7. The number of pyridine rings is 1. The first-order valence-electron chi connectivity index (χ1n) is 11.9. The van der Waals surface area contributed by atoms with Crippen LogP contribution < -0.4 is 4.74 Å². The number of carboxylic acid groups (broad SMARTS) is 1. The molecule has 2 atom stereocenters. The molecule has 35 heavy (non-hydrogen) atoms. The molecule has 3 aromatic rings. The number of hydrogen-bond acceptors (Lipinski definition) is 6. The first kappa shape index (κ1) is 25.9. The number of methoxy groups -OCH3 is 1. The second-order valence-corrected chi connectivity index (χ2v) is 11.4. The van der Waals surface area contributed by atoms with E-state index in [1.165, 1.54) is 12.3 Å². The summed E-state index contributed by atoms with van der Waals surface area (Å²) in [7, 11) is 1.59. The van der Waals surface area contributed by atoms with Crippen molar-refractivity contribution in [1.82, 2.24) is 9.88 Å². The van der Waals surface area contributed by atoms with Gasteiger partial charge in [-0.3, -0.25) is 9.78 Å². The third-order valence-electron chi connectivity index (χ3n) is 6.75. The predicted octanol–water partition coefficient (Wildman–Crippen LogP) is 6.11. The number of aromatic nitrogens is 1. The average Bonchev–Trinajstić information content (AvgIpc) is 3.25. The molecule has 9 heteroatoms. The Morgan fingerprint density at radius 1 is 1.29 bits per heavy atom. The number of piperidine rings is 1. The number of likely N-dealkylation sites (tertiary alicyclic amines) is 1. The Labute approximate surface area is 212 Å². The van der Waals surface area contributed by atoms with Gasteiger partial charge in [-0.2, -0.15) is 4.39 Å². The summed E-state index contributed by atoms with van der Waals surface area (Å²) in [6.45, 7) is 2.52. The molecular weight excluding hydrogens is 490 g/mol. The largest absolute Gasteiger partial charge is 0.497 e. The lowest BCUT2D eigenvalue weighted by atomic mass is 9.80. The van der Waals surface area contributed by atoms with Crippen LogP contribution in [-0.4, -0.2) is 53.5 Å². The molecule has 2 unspecified atom stereocenters. The highest BCUT2D eigenvalue weighted by atomic mass is 32.2. The van der Waals surface area contributed by atoms with Gasteiger partial charge in [0.2, 0.25) is 0 Å². The number of benzene rings is 1. The van der Waals surface area contributed by atoms with Crippen molar-refractivity contribution >= 4 is 40.0 Å². The summed E-state index contributed by atoms with van der Waals surface area (Å²) in [5.74, 6) is 0.802. The number of aliphatic carboxylic acids is 1. The van der Waals surface area contributed by atoms with Gasteiger partial charge in [-0.15, -0.1) is 11.8 Å². The zero-order valence-corrected chi connectivity index (χ0v) is 21.3. The number of halogens is 2. The molecule has 188 valence electrons. The van der Waals surface area contributed by atoms with Gasteiger partial charge in [-0.05, 0) is 80.0 Å². The van der Waals surface area contributed by atoms with E-state index in [2.05, 4.69) is 9.88 Å². The van der Waals surface area contributed by atoms with Crippen LogP contribution in [0.2, 0.25) is 0 Å². The Kier molecular flexibility index (Phi) is 8.97. The zero-order valence-electron chi connectivity index (χ0n) is 19.7. The number of fused-ring (bicyclic) bond motifs is 1. The van der Waals surface area contributed by atoms with Crippen molar-refractivity contribution < 1.29 is 23.4 Å². The van der Waals surface area contributed by atoms with Crippen LogP contribution in [-0.2, 0) is 11.2 Å². The fraction of sp³-hybridized carbons (Fsp3) is 0.462. The van der Waals surface area contributed by atoms with Crippen LogP contribution in [0.5, 0.6) is 5.75 Å². The summed E-state index contributed by atoms with van der Waals surface area (Å²) in [6.07, 6.45) is 4.58. The van der Waals surface area contributed by atoms with Crippen LogP contribution in [0.15, 0.2) is 40.7 Å². The maximum atomic E-state index is 14.7. The molecule has 1 saturated heterocycles. The van der Waals surface area contributed by atoms with E-state index in [0.717, 1.165) is 71.1 Å². The van der Waals surface area contributed by atoms with E-state index >= 15 is 0 Å². The fourth-order valence-corrected chi connectivity index (χ4v) is 6.87. The van der Waals surface area contributed by atoms with Crippen molar-refractivity contribution in [3.05, 3.63) is 53.0 Å². The lowest BCUT2D eigenvalue weighted by molar-refractivity contribution is -0.139. The van der Waals surface area contributed by atoms with Crippen LogP contribution in [0.1, 0.15) is 31.2 Å². The highest BCUT2D eigenvalue weighted by Gasteiger charge is 2.30. The number of thiophene rings is 1. The number of aryl methyl sites for hydroxylation is 1. The number of carbonyl (C=O) groups is 1. The third kappa shape index (κ3) is 6.92. The lowest BCUT2D eigenvalue weighted by Crippen LogP contribution is -2.42. The number of ether oxygens (including phenoxy) is 1. The summed E-state index contributed by atoms with van der Waals surface area (Å²) in [4.78, 5) is 18.1. The Morgan fingerprint density at radius 3 is 2.89 bits per heavy atom. The van der Waals surface area contributed by atoms with Crippen LogP contribution in [0, 0.1) is 22.8 Å². The number of hydrogen-bond donors (Lipinski definition) is 1. The summed E-state index contributed by atoms with van der Waals surface area (Å²) < 4.78 is 34.1. The van der Waals surface area contributed by atoms with Gasteiger partial charge in [0.1, 0.15) is 11.6 Å². The molecule has 0 bridgehead atoms. The molecule has 0 spiro atoms. The Bertz CT molecular complexity index is 1160. The zero-order chi connectivity index (χ0) is 24.8. The highest BCUT2D eigenvalue weighted by Crippen LogP contribution is 2.33. The van der Waals surface area contributed by atoms with Crippen LogP contribution in [0.4, 0.5) is 8.78 Å². The molecule has 1 N–H and O–H groups in total. The maximum Gasteiger partial charge on any atom is 0.303 e. The Balaban J connectivity index is 1.33. The highest BCUT2D eigenvalue weighted by molar-refractivity contribution is 8.01. The topological polar surface area (TPSA) is 62.7 Å². The summed E-state index contributed by atoms with van der Waals surface area (Å²) in [5, 5.41) is 10.1. The van der Waals surface area contributed by atoms with Gasteiger partial charge in [0.15, 0.2) is 5.13 Å². The minimum Gasteiger partial charge on any atom is -0.497 e. The van der Waals surface area contributed by atoms with Crippen LogP contribution >= 0.6 is 23.1 Å². The van der Waals surface area contributed by atoms with Gasteiger partial charge >= 0.3 is 5.97 Å².